The van der Waals surface area contributed by atoms with Crippen molar-refractivity contribution in [1.82, 2.24) is 5.32 Å². The second kappa shape index (κ2) is 10.9. The third-order valence-corrected chi connectivity index (χ3v) is 5.43. The van der Waals surface area contributed by atoms with Crippen LogP contribution in [0.1, 0.15) is 5.56 Å². The van der Waals surface area contributed by atoms with Crippen molar-refractivity contribution in [3.8, 4) is 11.5 Å². The Morgan fingerprint density at radius 2 is 1.78 bits per heavy atom. The number of carbonyl (C=O) groups excluding carboxylic acids is 4. The van der Waals surface area contributed by atoms with Gasteiger partial charge in [0, 0.05) is 10.6 Å². The van der Waals surface area contributed by atoms with Gasteiger partial charge in [-0.1, -0.05) is 23.7 Å². The maximum Gasteiger partial charge on any atom is 0.335 e. The minimum Gasteiger partial charge on any atom is -0.495 e. The van der Waals surface area contributed by atoms with Crippen LogP contribution in [0.2, 0.25) is 5.02 Å². The number of nitrogens with zero attached hydrogens (tertiary/aromatic N) is 1. The van der Waals surface area contributed by atoms with Crippen LogP contribution in [-0.2, 0) is 14.4 Å². The summed E-state index contributed by atoms with van der Waals surface area (Å²) in [5.41, 5.74) is 0.337. The van der Waals surface area contributed by atoms with E-state index in [1.165, 1.54) is 43.5 Å². The van der Waals surface area contributed by atoms with Crippen LogP contribution >= 0.6 is 11.6 Å². The molecule has 1 aliphatic heterocycles. The minimum absolute atomic E-state index is 0.0675. The van der Waals surface area contributed by atoms with Crippen LogP contribution in [-0.4, -0.2) is 37.5 Å². The number of urea groups is 1. The van der Waals surface area contributed by atoms with Crippen LogP contribution in [0.3, 0.4) is 0 Å². The van der Waals surface area contributed by atoms with E-state index in [1.807, 2.05) is 0 Å². The number of nitrogens with one attached hydrogen (secondary N) is 2. The summed E-state index contributed by atoms with van der Waals surface area (Å²) in [6.45, 7) is -0.407. The van der Waals surface area contributed by atoms with Crippen molar-refractivity contribution in [3.05, 3.63) is 88.7 Å². The summed E-state index contributed by atoms with van der Waals surface area (Å²) < 4.78 is 24.2. The van der Waals surface area contributed by atoms with Gasteiger partial charge < -0.3 is 14.8 Å². The van der Waals surface area contributed by atoms with Gasteiger partial charge in [0.25, 0.3) is 17.7 Å². The Balaban J connectivity index is 1.58. The zero-order chi connectivity index (χ0) is 26.5. The fraction of sp³-hybridized carbons (Fsp3) is 0.0769. The zero-order valence-electron chi connectivity index (χ0n) is 19.3. The molecule has 0 radical (unpaired) electrons. The fourth-order valence-electron chi connectivity index (χ4n) is 3.48. The maximum absolute atomic E-state index is 13.3. The van der Waals surface area contributed by atoms with Crippen molar-refractivity contribution in [2.24, 2.45) is 0 Å². The number of amides is 5. The summed E-state index contributed by atoms with van der Waals surface area (Å²) in [6, 6.07) is 14.9. The van der Waals surface area contributed by atoms with Crippen LogP contribution in [0.4, 0.5) is 20.6 Å². The smallest absolute Gasteiger partial charge is 0.335 e. The van der Waals surface area contributed by atoms with Gasteiger partial charge in [-0.05, 0) is 60.7 Å². The number of imide groups is 2. The highest BCUT2D eigenvalue weighted by Crippen LogP contribution is 2.28. The lowest BCUT2D eigenvalue weighted by molar-refractivity contribution is -0.122. The van der Waals surface area contributed by atoms with Crippen LogP contribution in [0, 0.1) is 5.82 Å². The van der Waals surface area contributed by atoms with Crippen LogP contribution in [0.25, 0.3) is 6.08 Å². The fourth-order valence-corrected chi connectivity index (χ4v) is 3.66. The molecule has 3 aromatic carbocycles. The second-order valence-corrected chi connectivity index (χ2v) is 8.09. The molecule has 0 unspecified atom stereocenters. The molecule has 3 aromatic rings. The summed E-state index contributed by atoms with van der Waals surface area (Å²) in [5.74, 6) is -2.30. The molecule has 37 heavy (non-hydrogen) atoms. The Morgan fingerprint density at radius 1 is 1.05 bits per heavy atom. The highest BCUT2D eigenvalue weighted by Gasteiger charge is 2.37. The number of methoxy groups -OCH3 is 1. The standard InChI is InChI=1S/C26H19ClFN3O6/c1-36-22-5-3-2-4-20(22)29-23(32)14-37-21-11-6-16(27)12-15(21)13-19-24(33)30-26(35)31(25(19)34)18-9-7-17(28)8-10-18/h2-13H,14H2,1H3,(H,29,32)(H,30,33,35)/b19-13+. The lowest BCUT2D eigenvalue weighted by Crippen LogP contribution is -2.54. The van der Waals surface area contributed by atoms with E-state index in [4.69, 9.17) is 21.1 Å². The molecule has 0 aromatic heterocycles. The molecule has 0 atom stereocenters. The Labute approximate surface area is 215 Å². The van der Waals surface area contributed by atoms with E-state index in [1.54, 1.807) is 24.3 Å². The Hall–Kier alpha value is -4.70. The third kappa shape index (κ3) is 5.76. The molecule has 0 spiro atoms. The zero-order valence-corrected chi connectivity index (χ0v) is 20.0. The molecule has 0 aliphatic carbocycles. The molecule has 4 rings (SSSR count). The van der Waals surface area contributed by atoms with Crippen molar-refractivity contribution >= 4 is 52.8 Å². The van der Waals surface area contributed by atoms with Gasteiger partial charge in [0.2, 0.25) is 0 Å². The SMILES string of the molecule is COc1ccccc1NC(=O)COc1ccc(Cl)cc1/C=C1\C(=O)NC(=O)N(c2ccc(F)cc2)C1=O. The first-order valence-electron chi connectivity index (χ1n) is 10.8. The van der Waals surface area contributed by atoms with E-state index in [2.05, 4.69) is 10.6 Å². The molecule has 0 saturated carbocycles. The van der Waals surface area contributed by atoms with E-state index in [0.29, 0.717) is 16.3 Å². The third-order valence-electron chi connectivity index (χ3n) is 5.20. The van der Waals surface area contributed by atoms with Crippen LogP contribution in [0.15, 0.2) is 72.3 Å². The first-order valence-corrected chi connectivity index (χ1v) is 11.2. The molecule has 9 nitrogen and oxygen atoms in total. The molecular formula is C26H19ClFN3O6. The molecule has 1 saturated heterocycles. The molecule has 1 heterocycles. The van der Waals surface area contributed by atoms with E-state index in [0.717, 1.165) is 12.1 Å². The first kappa shape index (κ1) is 25.4. The van der Waals surface area contributed by atoms with Gasteiger partial charge >= 0.3 is 6.03 Å². The number of carbonyl (C=O) groups is 4. The number of hydrogen-bond acceptors (Lipinski definition) is 6. The number of ether oxygens (including phenoxy) is 2. The van der Waals surface area contributed by atoms with E-state index < -0.39 is 41.7 Å². The Bertz CT molecular complexity index is 1420. The summed E-state index contributed by atoms with van der Waals surface area (Å²) in [7, 11) is 1.47. The number of para-hydroxylation sites is 2. The average Bonchev–Trinajstić information content (AvgIpc) is 2.87. The number of halogens is 2. The van der Waals surface area contributed by atoms with Crippen molar-refractivity contribution in [2.45, 2.75) is 0 Å². The van der Waals surface area contributed by atoms with Gasteiger partial charge in [0.05, 0.1) is 18.5 Å². The van der Waals surface area contributed by atoms with Gasteiger partial charge in [-0.15, -0.1) is 0 Å². The summed E-state index contributed by atoms with van der Waals surface area (Å²) >= 11 is 6.11. The highest BCUT2D eigenvalue weighted by molar-refractivity contribution is 6.39. The van der Waals surface area contributed by atoms with E-state index in [-0.39, 0.29) is 22.0 Å². The van der Waals surface area contributed by atoms with Crippen molar-refractivity contribution < 1.29 is 33.0 Å². The topological polar surface area (TPSA) is 114 Å². The highest BCUT2D eigenvalue weighted by atomic mass is 35.5. The predicted molar refractivity (Wildman–Crippen MR) is 134 cm³/mol. The molecule has 1 fully saturated rings. The second-order valence-electron chi connectivity index (χ2n) is 7.65. The predicted octanol–water partition coefficient (Wildman–Crippen LogP) is 4.17. The average molecular weight is 524 g/mol. The number of barbiturate groups is 1. The van der Waals surface area contributed by atoms with Crippen LogP contribution in [0.5, 0.6) is 11.5 Å². The molecule has 2 N–H and O–H groups in total. The molecule has 1 aliphatic rings. The molecule has 11 heteroatoms. The summed E-state index contributed by atoms with van der Waals surface area (Å²) in [6.07, 6.45) is 1.19. The van der Waals surface area contributed by atoms with Gasteiger partial charge in [-0.25, -0.2) is 14.1 Å². The molecule has 5 amide bonds. The summed E-state index contributed by atoms with van der Waals surface area (Å²) in [5, 5.41) is 5.02. The van der Waals surface area contributed by atoms with Gasteiger partial charge in [-0.2, -0.15) is 0 Å². The van der Waals surface area contributed by atoms with Crippen molar-refractivity contribution in [1.29, 1.82) is 0 Å². The van der Waals surface area contributed by atoms with Gasteiger partial charge in [0.1, 0.15) is 22.9 Å². The van der Waals surface area contributed by atoms with Crippen molar-refractivity contribution in [2.75, 3.05) is 23.9 Å². The van der Waals surface area contributed by atoms with Crippen molar-refractivity contribution in [3.63, 3.8) is 0 Å². The molecule has 188 valence electrons. The molecule has 0 bridgehead atoms. The normalized spacial score (nSPS) is 14.4. The monoisotopic (exact) mass is 523 g/mol. The van der Waals surface area contributed by atoms with Crippen LogP contribution < -0.4 is 25.0 Å². The lowest BCUT2D eigenvalue weighted by atomic mass is 10.1. The Kier molecular flexibility index (Phi) is 7.49. The maximum atomic E-state index is 13.3. The number of hydrogen-bond donors (Lipinski definition) is 2. The van der Waals surface area contributed by atoms with Gasteiger partial charge in [-0.3, -0.25) is 19.7 Å². The first-order chi connectivity index (χ1) is 17.8. The van der Waals surface area contributed by atoms with E-state index >= 15 is 0 Å². The van der Waals surface area contributed by atoms with Gasteiger partial charge in [0.15, 0.2) is 6.61 Å². The summed E-state index contributed by atoms with van der Waals surface area (Å²) in [4.78, 5) is 51.1. The minimum atomic E-state index is -0.977. The van der Waals surface area contributed by atoms with E-state index in [9.17, 15) is 23.6 Å². The lowest BCUT2D eigenvalue weighted by Gasteiger charge is -2.26. The quantitative estimate of drug-likeness (QED) is 0.355. The largest absolute Gasteiger partial charge is 0.495 e. The Morgan fingerprint density at radius 3 is 2.51 bits per heavy atom. The number of benzene rings is 3. The molecular weight excluding hydrogens is 505 g/mol. The number of anilines is 2. The number of rotatable bonds is 7.